The molecule has 1 nitrogen and oxygen atoms in total. The molecule has 0 aliphatic carbocycles. The van der Waals surface area contributed by atoms with E-state index in [1.807, 2.05) is 0 Å². The van der Waals surface area contributed by atoms with Crippen LogP contribution in [0.5, 0.6) is 5.75 Å². The Labute approximate surface area is 133 Å². The first-order valence-electron chi connectivity index (χ1n) is 6.04. The fourth-order valence-corrected chi connectivity index (χ4v) is 2.67. The van der Waals surface area contributed by atoms with Gasteiger partial charge in [0, 0.05) is 11.6 Å². The summed E-state index contributed by atoms with van der Waals surface area (Å²) in [6.45, 7) is 0. The van der Waals surface area contributed by atoms with Gasteiger partial charge < -0.3 is 4.74 Å². The van der Waals surface area contributed by atoms with Gasteiger partial charge in [0.25, 0.3) is 0 Å². The summed E-state index contributed by atoms with van der Waals surface area (Å²) < 4.78 is 45.6. The Kier molecular flexibility index (Phi) is 5.17. The first-order chi connectivity index (χ1) is 9.93. The highest BCUT2D eigenvalue weighted by molar-refractivity contribution is 9.10. The van der Waals surface area contributed by atoms with Crippen molar-refractivity contribution in [1.29, 1.82) is 0 Å². The van der Waals surface area contributed by atoms with Gasteiger partial charge >= 0.3 is 0 Å². The molecule has 2 aromatic rings. The van der Waals surface area contributed by atoms with E-state index in [0.29, 0.717) is 5.56 Å². The maximum absolute atomic E-state index is 13.7. The van der Waals surface area contributed by atoms with E-state index in [2.05, 4.69) is 15.9 Å². The second-order valence-electron chi connectivity index (χ2n) is 4.39. The molecule has 0 amide bonds. The molecule has 2 rings (SSSR count). The minimum atomic E-state index is -0.928. The quantitative estimate of drug-likeness (QED) is 0.647. The molecule has 21 heavy (non-hydrogen) atoms. The highest BCUT2D eigenvalue weighted by atomic mass is 79.9. The summed E-state index contributed by atoms with van der Waals surface area (Å²) in [5.41, 5.74) is 0.647. The van der Waals surface area contributed by atoms with Crippen LogP contribution in [0.1, 0.15) is 16.5 Å². The second-order valence-corrected chi connectivity index (χ2v) is 5.77. The van der Waals surface area contributed by atoms with Crippen LogP contribution in [0, 0.1) is 17.5 Å². The van der Waals surface area contributed by atoms with Crippen molar-refractivity contribution in [3.05, 3.63) is 63.4 Å². The molecule has 0 saturated carbocycles. The van der Waals surface area contributed by atoms with Crippen molar-refractivity contribution in [3.63, 3.8) is 0 Å². The summed E-state index contributed by atoms with van der Waals surface area (Å²) in [7, 11) is 1.39. The normalized spacial score (nSPS) is 12.3. The van der Waals surface area contributed by atoms with Crippen LogP contribution in [-0.4, -0.2) is 7.11 Å². The Hall–Kier alpha value is -1.20. The number of benzene rings is 2. The third-order valence-corrected chi connectivity index (χ3v) is 4.04. The Balaban J connectivity index is 2.34. The van der Waals surface area contributed by atoms with Crippen LogP contribution in [0.25, 0.3) is 0 Å². The van der Waals surface area contributed by atoms with Crippen LogP contribution in [0.2, 0.25) is 0 Å². The van der Waals surface area contributed by atoms with Crippen molar-refractivity contribution in [1.82, 2.24) is 0 Å². The van der Waals surface area contributed by atoms with Crippen molar-refractivity contribution < 1.29 is 17.9 Å². The third kappa shape index (κ3) is 3.52. The van der Waals surface area contributed by atoms with Crippen LogP contribution >= 0.6 is 27.5 Å². The van der Waals surface area contributed by atoms with Gasteiger partial charge in [0.05, 0.1) is 17.0 Å². The number of hydrogen-bond acceptors (Lipinski definition) is 1. The molecule has 0 radical (unpaired) electrons. The minimum Gasteiger partial charge on any atom is -0.496 e. The summed E-state index contributed by atoms with van der Waals surface area (Å²) in [4.78, 5) is 0. The highest BCUT2D eigenvalue weighted by Gasteiger charge is 2.19. The average molecular weight is 380 g/mol. The zero-order valence-electron chi connectivity index (χ0n) is 11.0. The standard InChI is InChI=1S/C15H11BrClF3O/c1-21-14-7-13(19)10(16)6-9(14)11(17)5-8-3-2-4-12(18)15(8)20/h2-4,6-7,11H,5H2,1H3. The number of ether oxygens (including phenoxy) is 1. The molecule has 6 heteroatoms. The van der Waals surface area contributed by atoms with Gasteiger partial charge in [-0.3, -0.25) is 0 Å². The number of halogens is 5. The van der Waals surface area contributed by atoms with Gasteiger partial charge in [0.1, 0.15) is 11.6 Å². The van der Waals surface area contributed by atoms with E-state index < -0.39 is 22.8 Å². The lowest BCUT2D eigenvalue weighted by Crippen LogP contribution is -2.03. The lowest BCUT2D eigenvalue weighted by Gasteiger charge is -2.15. The number of alkyl halides is 1. The molecule has 0 saturated heterocycles. The Morgan fingerprint density at radius 3 is 2.57 bits per heavy atom. The molecule has 0 aliphatic heterocycles. The summed E-state index contributed by atoms with van der Waals surface area (Å²) in [6, 6.07) is 6.57. The Bertz CT molecular complexity index is 664. The maximum Gasteiger partial charge on any atom is 0.162 e. The predicted octanol–water partition coefficient (Wildman–Crippen LogP) is 5.40. The molecule has 0 spiro atoms. The van der Waals surface area contributed by atoms with Crippen LogP contribution < -0.4 is 4.74 Å². The molecule has 0 N–H and O–H groups in total. The van der Waals surface area contributed by atoms with E-state index in [4.69, 9.17) is 16.3 Å². The van der Waals surface area contributed by atoms with Gasteiger partial charge in [0.2, 0.25) is 0 Å². The monoisotopic (exact) mass is 378 g/mol. The lowest BCUT2D eigenvalue weighted by molar-refractivity contribution is 0.405. The van der Waals surface area contributed by atoms with Crippen molar-refractivity contribution in [3.8, 4) is 5.75 Å². The average Bonchev–Trinajstić information content (AvgIpc) is 2.46. The van der Waals surface area contributed by atoms with Crippen LogP contribution in [-0.2, 0) is 6.42 Å². The van der Waals surface area contributed by atoms with Crippen LogP contribution in [0.15, 0.2) is 34.8 Å². The molecule has 0 aliphatic rings. The number of methoxy groups -OCH3 is 1. The van der Waals surface area contributed by atoms with E-state index in [1.165, 1.54) is 31.4 Å². The molecule has 0 heterocycles. The summed E-state index contributed by atoms with van der Waals surface area (Å²) >= 11 is 9.33. The van der Waals surface area contributed by atoms with E-state index in [1.54, 1.807) is 0 Å². The van der Waals surface area contributed by atoms with Gasteiger partial charge in [-0.15, -0.1) is 11.6 Å². The van der Waals surface area contributed by atoms with E-state index in [9.17, 15) is 13.2 Å². The van der Waals surface area contributed by atoms with Gasteiger partial charge in [-0.05, 0) is 40.0 Å². The molecule has 0 aromatic heterocycles. The molecule has 1 atom stereocenters. The summed E-state index contributed by atoms with van der Waals surface area (Å²) in [5, 5.41) is -0.687. The maximum atomic E-state index is 13.7. The van der Waals surface area contributed by atoms with E-state index >= 15 is 0 Å². The highest BCUT2D eigenvalue weighted by Crippen LogP contribution is 2.36. The third-order valence-electron chi connectivity index (χ3n) is 3.04. The Morgan fingerprint density at radius 2 is 1.90 bits per heavy atom. The van der Waals surface area contributed by atoms with Crippen LogP contribution in [0.4, 0.5) is 13.2 Å². The van der Waals surface area contributed by atoms with Crippen molar-refractivity contribution in [2.24, 2.45) is 0 Å². The topological polar surface area (TPSA) is 9.23 Å². The molecule has 1 unspecified atom stereocenters. The largest absolute Gasteiger partial charge is 0.496 e. The van der Waals surface area contributed by atoms with E-state index in [0.717, 1.165) is 6.07 Å². The fraction of sp³-hybridized carbons (Fsp3) is 0.200. The minimum absolute atomic E-state index is 0.0551. The number of hydrogen-bond donors (Lipinski definition) is 0. The van der Waals surface area contributed by atoms with E-state index in [-0.39, 0.29) is 22.2 Å². The summed E-state index contributed by atoms with van der Waals surface area (Å²) in [6.07, 6.45) is 0.0551. The second kappa shape index (κ2) is 6.71. The SMILES string of the molecule is COc1cc(F)c(Br)cc1C(Cl)Cc1cccc(F)c1F. The van der Waals surface area contributed by atoms with Crippen molar-refractivity contribution in [2.45, 2.75) is 11.8 Å². The first kappa shape index (κ1) is 16.2. The molecule has 0 bridgehead atoms. The van der Waals surface area contributed by atoms with Gasteiger partial charge in [-0.2, -0.15) is 0 Å². The summed E-state index contributed by atoms with van der Waals surface area (Å²) in [5.74, 6) is -2.09. The van der Waals surface area contributed by atoms with Gasteiger partial charge in [-0.1, -0.05) is 12.1 Å². The van der Waals surface area contributed by atoms with Crippen molar-refractivity contribution >= 4 is 27.5 Å². The fourth-order valence-electron chi connectivity index (χ4n) is 1.97. The van der Waals surface area contributed by atoms with Gasteiger partial charge in [-0.25, -0.2) is 13.2 Å². The molecular formula is C15H11BrClF3O. The zero-order valence-corrected chi connectivity index (χ0v) is 13.3. The molecule has 112 valence electrons. The Morgan fingerprint density at radius 1 is 1.19 bits per heavy atom. The zero-order chi connectivity index (χ0) is 15.6. The van der Waals surface area contributed by atoms with Crippen LogP contribution in [0.3, 0.4) is 0 Å². The lowest BCUT2D eigenvalue weighted by atomic mass is 10.0. The molecule has 0 fully saturated rings. The van der Waals surface area contributed by atoms with Gasteiger partial charge in [0.15, 0.2) is 11.6 Å². The molecular weight excluding hydrogens is 369 g/mol. The smallest absolute Gasteiger partial charge is 0.162 e. The number of rotatable bonds is 4. The molecule has 2 aromatic carbocycles. The first-order valence-corrected chi connectivity index (χ1v) is 7.27. The predicted molar refractivity (Wildman–Crippen MR) is 79.3 cm³/mol. The van der Waals surface area contributed by atoms with Crippen molar-refractivity contribution in [2.75, 3.05) is 7.11 Å².